The topological polar surface area (TPSA) is 40.0 Å². The largest absolute Gasteiger partial charge is 0.338 e. The Kier molecular flexibility index (Phi) is 1.72. The minimum Gasteiger partial charge on any atom is -0.338 e. The average Bonchev–Trinajstić information content (AvgIpc) is 1.89. The van der Waals surface area contributed by atoms with E-state index >= 15 is 0 Å². The van der Waals surface area contributed by atoms with Gasteiger partial charge in [0.15, 0.2) is 0 Å². The van der Waals surface area contributed by atoms with Gasteiger partial charge < -0.3 is 5.32 Å². The van der Waals surface area contributed by atoms with E-state index in [4.69, 9.17) is 0 Å². The molecule has 4 heteroatoms. The summed E-state index contributed by atoms with van der Waals surface area (Å²) in [5, 5.41) is 2.78. The van der Waals surface area contributed by atoms with Crippen LogP contribution in [0.3, 0.4) is 0 Å². The lowest BCUT2D eigenvalue weighted by Crippen LogP contribution is -2.41. The Morgan fingerprint density at radius 3 is 2.10 bits per heavy atom. The second kappa shape index (κ2) is 2.38. The van der Waals surface area contributed by atoms with Crippen LogP contribution in [0.1, 0.15) is 6.92 Å². The molecule has 0 saturated carbocycles. The lowest BCUT2D eigenvalue weighted by Gasteiger charge is -2.29. The lowest BCUT2D eigenvalue weighted by molar-refractivity contribution is 0.194. The molecule has 10 heavy (non-hydrogen) atoms. The molecule has 4 nitrogen and oxygen atoms in total. The summed E-state index contributed by atoms with van der Waals surface area (Å²) in [4.78, 5) is 10.3. The van der Waals surface area contributed by atoms with Crippen molar-refractivity contribution < 1.29 is 0 Å². The summed E-state index contributed by atoms with van der Waals surface area (Å²) in [6, 6.07) is 0. The minimum atomic E-state index is -0.411. The lowest BCUT2D eigenvalue weighted by atomic mass is 10.4. The molecule has 0 aromatic heterocycles. The summed E-state index contributed by atoms with van der Waals surface area (Å²) in [6.45, 7) is 1.95. The van der Waals surface area contributed by atoms with E-state index in [1.807, 2.05) is 25.9 Å². The van der Waals surface area contributed by atoms with E-state index in [-0.39, 0.29) is 0 Å². The zero-order chi connectivity index (χ0) is 7.61. The van der Waals surface area contributed by atoms with Crippen LogP contribution in [-0.4, -0.2) is 37.5 Å². The molecule has 0 radical (unpaired) electrons. The molecular formula is C6H12N4. The molecule has 0 amide bonds. The fraction of sp³-hybridized carbons (Fsp3) is 0.667. The first-order valence-corrected chi connectivity index (χ1v) is 3.16. The number of rotatable bonds is 1. The third-order valence-corrected chi connectivity index (χ3v) is 1.61. The van der Waals surface area contributed by atoms with Crippen LogP contribution >= 0.6 is 0 Å². The smallest absolute Gasteiger partial charge is 0.206 e. The van der Waals surface area contributed by atoms with E-state index in [0.717, 1.165) is 0 Å². The number of hydrogen-bond acceptors (Lipinski definition) is 4. The Labute approximate surface area is 60.7 Å². The average molecular weight is 140 g/mol. The molecule has 0 aromatic carbocycles. The molecule has 1 heterocycles. The van der Waals surface area contributed by atoms with Crippen LogP contribution in [0, 0.1) is 0 Å². The molecule has 0 spiro atoms. The van der Waals surface area contributed by atoms with E-state index in [2.05, 4.69) is 15.3 Å². The molecule has 0 aromatic rings. The Morgan fingerprint density at radius 1 is 1.30 bits per heavy atom. The van der Waals surface area contributed by atoms with Gasteiger partial charge in [0.2, 0.25) is 5.79 Å². The first kappa shape index (κ1) is 7.21. The van der Waals surface area contributed by atoms with Gasteiger partial charge in [-0.2, -0.15) is 0 Å². The summed E-state index contributed by atoms with van der Waals surface area (Å²) in [5.41, 5.74) is 0. The molecule has 56 valence electrons. The second-order valence-electron chi connectivity index (χ2n) is 2.55. The molecule has 0 aliphatic carbocycles. The summed E-state index contributed by atoms with van der Waals surface area (Å²) < 4.78 is 0. The number of aliphatic imine (C=N–C) groups is 2. The third kappa shape index (κ3) is 1.16. The quantitative estimate of drug-likeness (QED) is 0.551. The van der Waals surface area contributed by atoms with Crippen molar-refractivity contribution in [3.05, 3.63) is 0 Å². The van der Waals surface area contributed by atoms with Crippen molar-refractivity contribution in [2.75, 3.05) is 14.1 Å². The normalized spacial score (nSPS) is 21.2. The summed E-state index contributed by atoms with van der Waals surface area (Å²) in [6.07, 6.45) is 3.29. The zero-order valence-corrected chi connectivity index (χ0v) is 6.50. The van der Waals surface area contributed by atoms with E-state index in [0.29, 0.717) is 0 Å². The number of hydrogen-bond donors (Lipinski definition) is 1. The maximum absolute atomic E-state index is 4.15. The number of nitrogens with one attached hydrogen (secondary N) is 1. The molecule has 1 rings (SSSR count). The highest BCUT2D eigenvalue weighted by Gasteiger charge is 2.24. The van der Waals surface area contributed by atoms with Crippen molar-refractivity contribution >= 4 is 12.7 Å². The van der Waals surface area contributed by atoms with Gasteiger partial charge in [-0.25, -0.2) is 9.98 Å². The second-order valence-corrected chi connectivity index (χ2v) is 2.55. The fourth-order valence-electron chi connectivity index (χ4n) is 0.617. The molecule has 0 bridgehead atoms. The van der Waals surface area contributed by atoms with Crippen molar-refractivity contribution in [3.8, 4) is 0 Å². The first-order valence-electron chi connectivity index (χ1n) is 3.16. The standard InChI is InChI=1S/C6H12N4/c1-6(10(2)3)8-4-7-5-9-6/h4-5H,1-3H3,(H,7,8,9). The molecule has 0 atom stereocenters. The van der Waals surface area contributed by atoms with Crippen LogP contribution in [0.2, 0.25) is 0 Å². The maximum atomic E-state index is 4.15. The van der Waals surface area contributed by atoms with E-state index in [1.54, 1.807) is 12.7 Å². The molecule has 0 unspecified atom stereocenters. The summed E-state index contributed by atoms with van der Waals surface area (Å²) >= 11 is 0. The van der Waals surface area contributed by atoms with Crippen LogP contribution in [-0.2, 0) is 0 Å². The molecule has 0 fully saturated rings. The van der Waals surface area contributed by atoms with Gasteiger partial charge >= 0.3 is 0 Å². The van der Waals surface area contributed by atoms with Gasteiger partial charge in [-0.05, 0) is 21.0 Å². The van der Waals surface area contributed by atoms with Crippen molar-refractivity contribution in [2.45, 2.75) is 12.7 Å². The molecule has 1 aliphatic heterocycles. The summed E-state index contributed by atoms with van der Waals surface area (Å²) in [5.74, 6) is -0.411. The van der Waals surface area contributed by atoms with Crippen LogP contribution < -0.4 is 5.32 Å². The monoisotopic (exact) mass is 140 g/mol. The third-order valence-electron chi connectivity index (χ3n) is 1.61. The van der Waals surface area contributed by atoms with Crippen LogP contribution in [0.25, 0.3) is 0 Å². The van der Waals surface area contributed by atoms with Crippen molar-refractivity contribution in [2.24, 2.45) is 9.98 Å². The van der Waals surface area contributed by atoms with Gasteiger partial charge in [0.05, 0.1) is 12.7 Å². The predicted octanol–water partition coefficient (Wildman–Crippen LogP) is -0.119. The molecule has 1 aliphatic rings. The van der Waals surface area contributed by atoms with Crippen LogP contribution in [0.15, 0.2) is 9.98 Å². The summed E-state index contributed by atoms with van der Waals surface area (Å²) in [7, 11) is 3.89. The van der Waals surface area contributed by atoms with Gasteiger partial charge in [0.25, 0.3) is 0 Å². The number of nitrogens with zero attached hydrogens (tertiary/aromatic N) is 3. The maximum Gasteiger partial charge on any atom is 0.206 e. The van der Waals surface area contributed by atoms with Crippen LogP contribution in [0.5, 0.6) is 0 Å². The molecule has 1 N–H and O–H groups in total. The zero-order valence-electron chi connectivity index (χ0n) is 6.50. The van der Waals surface area contributed by atoms with Gasteiger partial charge in [0, 0.05) is 0 Å². The fourth-order valence-corrected chi connectivity index (χ4v) is 0.617. The van der Waals surface area contributed by atoms with Gasteiger partial charge in [0.1, 0.15) is 0 Å². The van der Waals surface area contributed by atoms with Crippen molar-refractivity contribution in [1.29, 1.82) is 0 Å². The predicted molar refractivity (Wildman–Crippen MR) is 42.2 cm³/mol. The molecule has 0 saturated heterocycles. The Balaban J connectivity index is 2.75. The molecular weight excluding hydrogens is 128 g/mol. The highest BCUT2D eigenvalue weighted by molar-refractivity contribution is 5.77. The van der Waals surface area contributed by atoms with E-state index in [9.17, 15) is 0 Å². The highest BCUT2D eigenvalue weighted by Crippen LogP contribution is 2.14. The SMILES string of the molecule is CN(C)C1(C)N=CNC=N1. The van der Waals surface area contributed by atoms with Gasteiger partial charge in [-0.3, -0.25) is 4.90 Å². The van der Waals surface area contributed by atoms with E-state index in [1.165, 1.54) is 0 Å². The van der Waals surface area contributed by atoms with Crippen molar-refractivity contribution in [3.63, 3.8) is 0 Å². The van der Waals surface area contributed by atoms with E-state index < -0.39 is 5.79 Å². The first-order chi connectivity index (χ1) is 4.65. The Bertz CT molecular complexity index is 159. The van der Waals surface area contributed by atoms with Gasteiger partial charge in [-0.15, -0.1) is 0 Å². The Hall–Kier alpha value is -0.900. The minimum absolute atomic E-state index is 0.411. The van der Waals surface area contributed by atoms with Gasteiger partial charge in [-0.1, -0.05) is 0 Å². The van der Waals surface area contributed by atoms with Crippen LogP contribution in [0.4, 0.5) is 0 Å². The highest BCUT2D eigenvalue weighted by atomic mass is 15.4. The Morgan fingerprint density at radius 2 is 1.80 bits per heavy atom. The van der Waals surface area contributed by atoms with Crippen molar-refractivity contribution in [1.82, 2.24) is 10.2 Å².